The van der Waals surface area contributed by atoms with Gasteiger partial charge in [0.1, 0.15) is 0 Å². The average molecular weight is 248 g/mol. The SMILES string of the molecule is C=COCCCNC1CCCc2[nH]c(=O)ccc21. The molecule has 0 amide bonds. The summed E-state index contributed by atoms with van der Waals surface area (Å²) in [5.74, 6) is 0. The number of hydrogen-bond acceptors (Lipinski definition) is 3. The van der Waals surface area contributed by atoms with Crippen LogP contribution in [0.1, 0.15) is 36.6 Å². The molecule has 98 valence electrons. The molecule has 18 heavy (non-hydrogen) atoms. The lowest BCUT2D eigenvalue weighted by molar-refractivity contribution is 0.242. The summed E-state index contributed by atoms with van der Waals surface area (Å²) in [6, 6.07) is 3.92. The highest BCUT2D eigenvalue weighted by Gasteiger charge is 2.19. The lowest BCUT2D eigenvalue weighted by Gasteiger charge is -2.26. The fourth-order valence-electron chi connectivity index (χ4n) is 2.43. The second-order valence-electron chi connectivity index (χ2n) is 4.55. The van der Waals surface area contributed by atoms with Crippen molar-refractivity contribution < 1.29 is 4.74 Å². The molecule has 1 aromatic heterocycles. The van der Waals surface area contributed by atoms with Gasteiger partial charge < -0.3 is 15.0 Å². The monoisotopic (exact) mass is 248 g/mol. The van der Waals surface area contributed by atoms with Gasteiger partial charge >= 0.3 is 0 Å². The number of fused-ring (bicyclic) bond motifs is 1. The third kappa shape index (κ3) is 3.23. The van der Waals surface area contributed by atoms with Crippen LogP contribution in [0.3, 0.4) is 0 Å². The van der Waals surface area contributed by atoms with Crippen LogP contribution in [0.5, 0.6) is 0 Å². The van der Waals surface area contributed by atoms with Crippen molar-refractivity contribution in [2.24, 2.45) is 0 Å². The molecule has 2 N–H and O–H groups in total. The van der Waals surface area contributed by atoms with Crippen molar-refractivity contribution in [1.29, 1.82) is 0 Å². The zero-order chi connectivity index (χ0) is 12.8. The Morgan fingerprint density at radius 1 is 1.56 bits per heavy atom. The van der Waals surface area contributed by atoms with Crippen molar-refractivity contribution in [3.8, 4) is 0 Å². The predicted octanol–water partition coefficient (Wildman–Crippen LogP) is 1.89. The number of aromatic nitrogens is 1. The van der Waals surface area contributed by atoms with E-state index >= 15 is 0 Å². The third-order valence-electron chi connectivity index (χ3n) is 3.28. The Morgan fingerprint density at radius 2 is 2.44 bits per heavy atom. The molecule has 4 nitrogen and oxygen atoms in total. The minimum absolute atomic E-state index is 0.00576. The molecule has 0 spiro atoms. The average Bonchev–Trinajstić information content (AvgIpc) is 2.38. The van der Waals surface area contributed by atoms with Gasteiger partial charge in [0.05, 0.1) is 12.9 Å². The first kappa shape index (κ1) is 12.9. The Bertz CT molecular complexity index is 453. The normalized spacial score (nSPS) is 18.1. The fourth-order valence-corrected chi connectivity index (χ4v) is 2.43. The Labute approximate surface area is 107 Å². The van der Waals surface area contributed by atoms with E-state index in [9.17, 15) is 4.79 Å². The maximum absolute atomic E-state index is 11.3. The second kappa shape index (κ2) is 6.40. The molecule has 4 heteroatoms. The van der Waals surface area contributed by atoms with Crippen molar-refractivity contribution >= 4 is 0 Å². The number of nitrogens with one attached hydrogen (secondary N) is 2. The maximum Gasteiger partial charge on any atom is 0.248 e. The molecule has 1 heterocycles. The van der Waals surface area contributed by atoms with Crippen LogP contribution in [0.4, 0.5) is 0 Å². The van der Waals surface area contributed by atoms with Gasteiger partial charge in [-0.15, -0.1) is 0 Å². The van der Waals surface area contributed by atoms with Gasteiger partial charge in [-0.1, -0.05) is 12.6 Å². The molecular weight excluding hydrogens is 228 g/mol. The largest absolute Gasteiger partial charge is 0.502 e. The summed E-state index contributed by atoms with van der Waals surface area (Å²) in [7, 11) is 0. The molecule has 1 aliphatic carbocycles. The van der Waals surface area contributed by atoms with E-state index in [0.29, 0.717) is 12.6 Å². The van der Waals surface area contributed by atoms with Gasteiger partial charge in [-0.3, -0.25) is 4.79 Å². The zero-order valence-corrected chi connectivity index (χ0v) is 10.6. The van der Waals surface area contributed by atoms with Crippen molar-refractivity contribution in [2.45, 2.75) is 31.7 Å². The molecule has 1 atom stereocenters. The molecule has 0 aliphatic heterocycles. The Balaban J connectivity index is 1.91. The number of aromatic amines is 1. The maximum atomic E-state index is 11.3. The summed E-state index contributed by atoms with van der Waals surface area (Å²) in [4.78, 5) is 14.2. The molecule has 0 saturated carbocycles. The summed E-state index contributed by atoms with van der Waals surface area (Å²) in [5, 5.41) is 3.52. The standard InChI is InChI=1S/C14H20N2O2/c1-2-18-10-4-9-15-12-5-3-6-13-11(12)7-8-14(17)16-13/h2,7-8,12,15H,1,3-6,9-10H2,(H,16,17). The number of pyridine rings is 1. The molecular formula is C14H20N2O2. The highest BCUT2D eigenvalue weighted by Crippen LogP contribution is 2.27. The smallest absolute Gasteiger partial charge is 0.248 e. The molecule has 1 unspecified atom stereocenters. The first-order valence-electron chi connectivity index (χ1n) is 6.49. The van der Waals surface area contributed by atoms with Crippen LogP contribution in [0, 0.1) is 0 Å². The molecule has 0 fully saturated rings. The van der Waals surface area contributed by atoms with E-state index in [2.05, 4.69) is 16.9 Å². The summed E-state index contributed by atoms with van der Waals surface area (Å²) in [6.07, 6.45) is 5.65. The molecule has 0 saturated heterocycles. The minimum atomic E-state index is -0.00576. The van der Waals surface area contributed by atoms with Crippen LogP contribution < -0.4 is 10.9 Å². The summed E-state index contributed by atoms with van der Waals surface area (Å²) in [6.45, 7) is 5.12. The zero-order valence-electron chi connectivity index (χ0n) is 10.6. The lowest BCUT2D eigenvalue weighted by atomic mass is 9.91. The molecule has 0 aromatic carbocycles. The molecule has 2 rings (SSSR count). The van der Waals surface area contributed by atoms with E-state index in [1.165, 1.54) is 11.8 Å². The van der Waals surface area contributed by atoms with Crippen LogP contribution in [-0.2, 0) is 11.2 Å². The second-order valence-corrected chi connectivity index (χ2v) is 4.55. The van der Waals surface area contributed by atoms with Gasteiger partial charge in [0.15, 0.2) is 0 Å². The van der Waals surface area contributed by atoms with Crippen molar-refractivity contribution in [1.82, 2.24) is 10.3 Å². The van der Waals surface area contributed by atoms with Crippen molar-refractivity contribution in [3.05, 3.63) is 46.6 Å². The van der Waals surface area contributed by atoms with E-state index < -0.39 is 0 Å². The van der Waals surface area contributed by atoms with Gasteiger partial charge in [-0.2, -0.15) is 0 Å². The van der Waals surface area contributed by atoms with E-state index in [4.69, 9.17) is 4.74 Å². The Morgan fingerprint density at radius 3 is 3.28 bits per heavy atom. The van der Waals surface area contributed by atoms with E-state index in [0.717, 1.165) is 37.9 Å². The van der Waals surface area contributed by atoms with Crippen LogP contribution in [0.25, 0.3) is 0 Å². The van der Waals surface area contributed by atoms with E-state index in [-0.39, 0.29) is 5.56 Å². The van der Waals surface area contributed by atoms with Gasteiger partial charge in [-0.25, -0.2) is 0 Å². The summed E-state index contributed by atoms with van der Waals surface area (Å²) in [5.41, 5.74) is 2.33. The minimum Gasteiger partial charge on any atom is -0.502 e. The highest BCUT2D eigenvalue weighted by molar-refractivity contribution is 5.26. The quantitative estimate of drug-likeness (QED) is 0.597. The summed E-state index contributed by atoms with van der Waals surface area (Å²) < 4.78 is 5.08. The number of H-pyrrole nitrogens is 1. The number of hydrogen-bond donors (Lipinski definition) is 2. The van der Waals surface area contributed by atoms with Crippen molar-refractivity contribution in [2.75, 3.05) is 13.2 Å². The Kier molecular flexibility index (Phi) is 4.59. The van der Waals surface area contributed by atoms with Gasteiger partial charge in [0.25, 0.3) is 0 Å². The van der Waals surface area contributed by atoms with Crippen LogP contribution in [0.2, 0.25) is 0 Å². The number of aryl methyl sites for hydroxylation is 1. The number of ether oxygens (including phenoxy) is 1. The third-order valence-corrected chi connectivity index (χ3v) is 3.28. The van der Waals surface area contributed by atoms with Crippen molar-refractivity contribution in [3.63, 3.8) is 0 Å². The van der Waals surface area contributed by atoms with Gasteiger partial charge in [-0.05, 0) is 37.8 Å². The Hall–Kier alpha value is -1.55. The van der Waals surface area contributed by atoms with E-state index in [1.54, 1.807) is 6.07 Å². The fraction of sp³-hybridized carbons (Fsp3) is 0.500. The highest BCUT2D eigenvalue weighted by atomic mass is 16.5. The van der Waals surface area contributed by atoms with Crippen LogP contribution in [-0.4, -0.2) is 18.1 Å². The van der Waals surface area contributed by atoms with Gasteiger partial charge in [0.2, 0.25) is 5.56 Å². The number of rotatable bonds is 6. The first-order chi connectivity index (χ1) is 8.81. The predicted molar refractivity (Wildman–Crippen MR) is 71.5 cm³/mol. The molecule has 0 radical (unpaired) electrons. The molecule has 1 aromatic rings. The summed E-state index contributed by atoms with van der Waals surface area (Å²) >= 11 is 0. The lowest BCUT2D eigenvalue weighted by Crippen LogP contribution is -2.28. The molecule has 0 bridgehead atoms. The van der Waals surface area contributed by atoms with E-state index in [1.807, 2.05) is 6.07 Å². The van der Waals surface area contributed by atoms with Crippen LogP contribution >= 0.6 is 0 Å². The first-order valence-corrected chi connectivity index (χ1v) is 6.49. The van der Waals surface area contributed by atoms with Gasteiger partial charge in [0, 0.05) is 17.8 Å². The molecule has 1 aliphatic rings. The van der Waals surface area contributed by atoms with Crippen LogP contribution in [0.15, 0.2) is 29.8 Å². The topological polar surface area (TPSA) is 54.1 Å².